The van der Waals surface area contributed by atoms with E-state index in [1.165, 1.54) is 11.7 Å². The maximum Gasteiger partial charge on any atom is 0.368 e. The van der Waals surface area contributed by atoms with E-state index in [0.29, 0.717) is 27.2 Å². The Hall–Kier alpha value is -3.10. The Morgan fingerprint density at radius 2 is 1.82 bits per heavy atom. The van der Waals surface area contributed by atoms with Crippen LogP contribution in [0.1, 0.15) is 5.56 Å². The first-order valence-corrected chi connectivity index (χ1v) is 9.00. The van der Waals surface area contributed by atoms with E-state index in [1.54, 1.807) is 47.3 Å². The molecule has 0 amide bonds. The highest BCUT2D eigenvalue weighted by atomic mass is 35.5. The molecule has 0 aliphatic rings. The van der Waals surface area contributed by atoms with Gasteiger partial charge in [0.25, 0.3) is 0 Å². The molecular formula is C18H14Cl2N6O2. The molecule has 0 N–H and O–H groups in total. The van der Waals surface area contributed by atoms with E-state index in [2.05, 4.69) is 15.5 Å². The predicted molar refractivity (Wildman–Crippen MR) is 105 cm³/mol. The van der Waals surface area contributed by atoms with Gasteiger partial charge in [0.2, 0.25) is 5.88 Å². The van der Waals surface area contributed by atoms with Crippen LogP contribution in [-0.4, -0.2) is 29.6 Å². The molecule has 0 aliphatic heterocycles. The van der Waals surface area contributed by atoms with Gasteiger partial charge in [-0.25, -0.2) is 9.48 Å². The van der Waals surface area contributed by atoms with E-state index in [4.69, 9.17) is 27.9 Å². The third-order valence-corrected chi connectivity index (χ3v) is 4.67. The van der Waals surface area contributed by atoms with Gasteiger partial charge in [-0.05, 0) is 46.8 Å². The topological polar surface area (TPSA) is 79.8 Å². The van der Waals surface area contributed by atoms with E-state index < -0.39 is 0 Å². The molecule has 4 rings (SSSR count). The maximum absolute atomic E-state index is 12.2. The number of benzene rings is 2. The van der Waals surface area contributed by atoms with Crippen molar-refractivity contribution in [1.29, 1.82) is 0 Å². The lowest BCUT2D eigenvalue weighted by molar-refractivity contribution is 0.291. The van der Waals surface area contributed by atoms with Gasteiger partial charge in [0, 0.05) is 34.9 Å². The van der Waals surface area contributed by atoms with Crippen LogP contribution >= 0.6 is 23.2 Å². The lowest BCUT2D eigenvalue weighted by Crippen LogP contribution is -2.23. The second-order valence-electron chi connectivity index (χ2n) is 5.90. The molecular weight excluding hydrogens is 403 g/mol. The summed E-state index contributed by atoms with van der Waals surface area (Å²) in [5.41, 5.74) is 1.58. The van der Waals surface area contributed by atoms with Gasteiger partial charge < -0.3 is 4.74 Å². The fourth-order valence-corrected chi connectivity index (χ4v) is 2.97. The van der Waals surface area contributed by atoms with Gasteiger partial charge in [0.1, 0.15) is 6.61 Å². The first-order chi connectivity index (χ1) is 13.5. The summed E-state index contributed by atoms with van der Waals surface area (Å²) in [5.74, 6) is 0.410. The van der Waals surface area contributed by atoms with Crippen LogP contribution in [0, 0.1) is 0 Å². The molecule has 0 aliphatic carbocycles. The first-order valence-electron chi connectivity index (χ1n) is 8.24. The molecule has 4 aromatic rings. The van der Waals surface area contributed by atoms with E-state index >= 15 is 0 Å². The summed E-state index contributed by atoms with van der Waals surface area (Å²) in [6, 6.07) is 14.2. The highest BCUT2D eigenvalue weighted by Gasteiger charge is 2.15. The minimum absolute atomic E-state index is 0.107. The van der Waals surface area contributed by atoms with Crippen LogP contribution in [-0.2, 0) is 13.7 Å². The van der Waals surface area contributed by atoms with Crippen molar-refractivity contribution in [2.45, 2.75) is 6.61 Å². The van der Waals surface area contributed by atoms with E-state index in [1.807, 2.05) is 12.1 Å². The molecule has 0 fully saturated rings. The number of aryl methyl sites for hydroxylation is 1. The second-order valence-corrected chi connectivity index (χ2v) is 6.74. The number of aromatic nitrogens is 6. The van der Waals surface area contributed by atoms with E-state index in [9.17, 15) is 4.79 Å². The third kappa shape index (κ3) is 3.51. The molecule has 0 spiro atoms. The number of ether oxygens (including phenoxy) is 1. The van der Waals surface area contributed by atoms with Gasteiger partial charge in [-0.15, -0.1) is 5.10 Å². The first kappa shape index (κ1) is 18.3. The largest absolute Gasteiger partial charge is 0.472 e. The molecule has 0 saturated heterocycles. The number of rotatable bonds is 5. The average molecular weight is 417 g/mol. The van der Waals surface area contributed by atoms with Crippen LogP contribution in [0.5, 0.6) is 5.88 Å². The van der Waals surface area contributed by atoms with Crippen LogP contribution in [0.25, 0.3) is 11.4 Å². The smallest absolute Gasteiger partial charge is 0.368 e. The molecule has 2 aromatic heterocycles. The van der Waals surface area contributed by atoms with Crippen LogP contribution in [0.2, 0.25) is 10.0 Å². The maximum atomic E-state index is 12.2. The van der Waals surface area contributed by atoms with Crippen molar-refractivity contribution in [3.05, 3.63) is 80.8 Å². The Bertz CT molecular complexity index is 1180. The molecule has 2 aromatic carbocycles. The fourth-order valence-electron chi connectivity index (χ4n) is 2.62. The van der Waals surface area contributed by atoms with Crippen molar-refractivity contribution >= 4 is 23.2 Å². The van der Waals surface area contributed by atoms with Crippen molar-refractivity contribution in [3.63, 3.8) is 0 Å². The minimum Gasteiger partial charge on any atom is -0.472 e. The quantitative estimate of drug-likeness (QED) is 0.499. The second kappa shape index (κ2) is 7.49. The molecule has 0 saturated carbocycles. The van der Waals surface area contributed by atoms with Gasteiger partial charge in [0.15, 0.2) is 0 Å². The number of tetrazole rings is 1. The van der Waals surface area contributed by atoms with Gasteiger partial charge in [0.05, 0.1) is 11.4 Å². The van der Waals surface area contributed by atoms with Crippen LogP contribution in [0.15, 0.2) is 59.5 Å². The van der Waals surface area contributed by atoms with Crippen molar-refractivity contribution in [2.75, 3.05) is 0 Å². The number of halogens is 2. The standard InChI is InChI=1S/C18H14Cl2N6O2/c1-24-18(27)26(23-22-24)16-4-2-3-15(20)14(16)11-28-17-9-10-25(21-17)13-7-5-12(19)6-8-13/h2-10H,11H2,1H3. The van der Waals surface area contributed by atoms with Crippen molar-refractivity contribution in [2.24, 2.45) is 7.05 Å². The summed E-state index contributed by atoms with van der Waals surface area (Å²) in [4.78, 5) is 12.2. The van der Waals surface area contributed by atoms with Crippen molar-refractivity contribution < 1.29 is 4.74 Å². The van der Waals surface area contributed by atoms with E-state index in [0.717, 1.165) is 10.4 Å². The monoisotopic (exact) mass is 416 g/mol. The molecule has 0 unspecified atom stereocenters. The van der Waals surface area contributed by atoms with Gasteiger partial charge >= 0.3 is 5.69 Å². The number of hydrogen-bond acceptors (Lipinski definition) is 5. The third-order valence-electron chi connectivity index (χ3n) is 4.06. The van der Waals surface area contributed by atoms with Crippen LogP contribution in [0.3, 0.4) is 0 Å². The van der Waals surface area contributed by atoms with Gasteiger partial charge in [-0.3, -0.25) is 0 Å². The molecule has 0 radical (unpaired) electrons. The van der Waals surface area contributed by atoms with Crippen molar-refractivity contribution in [1.82, 2.24) is 29.6 Å². The Labute approximate surface area is 169 Å². The van der Waals surface area contributed by atoms with Crippen LogP contribution < -0.4 is 10.4 Å². The molecule has 8 nitrogen and oxygen atoms in total. The lowest BCUT2D eigenvalue weighted by Gasteiger charge is -2.10. The molecule has 0 bridgehead atoms. The minimum atomic E-state index is -0.379. The zero-order valence-electron chi connectivity index (χ0n) is 14.7. The molecule has 142 valence electrons. The normalized spacial score (nSPS) is 11.0. The molecule has 2 heterocycles. The highest BCUT2D eigenvalue weighted by Crippen LogP contribution is 2.24. The summed E-state index contributed by atoms with van der Waals surface area (Å²) < 4.78 is 9.78. The predicted octanol–water partition coefficient (Wildman–Crippen LogP) is 3.04. The Balaban J connectivity index is 1.58. The summed E-state index contributed by atoms with van der Waals surface area (Å²) in [7, 11) is 1.52. The summed E-state index contributed by atoms with van der Waals surface area (Å²) in [6.07, 6.45) is 1.78. The van der Waals surface area contributed by atoms with E-state index in [-0.39, 0.29) is 12.3 Å². The summed E-state index contributed by atoms with van der Waals surface area (Å²) in [6.45, 7) is 0.107. The number of hydrogen-bond donors (Lipinski definition) is 0. The summed E-state index contributed by atoms with van der Waals surface area (Å²) in [5, 5.41) is 13.1. The Morgan fingerprint density at radius 3 is 2.54 bits per heavy atom. The Morgan fingerprint density at radius 1 is 1.04 bits per heavy atom. The number of nitrogens with zero attached hydrogens (tertiary/aromatic N) is 6. The zero-order chi connectivity index (χ0) is 19.7. The summed E-state index contributed by atoms with van der Waals surface area (Å²) >= 11 is 12.2. The van der Waals surface area contributed by atoms with Crippen molar-refractivity contribution in [3.8, 4) is 17.3 Å². The zero-order valence-corrected chi connectivity index (χ0v) is 16.2. The van der Waals surface area contributed by atoms with Gasteiger partial charge in [-0.1, -0.05) is 29.3 Å². The SMILES string of the molecule is Cn1nnn(-c2cccc(Cl)c2COc2ccn(-c3ccc(Cl)cc3)n2)c1=O. The molecule has 10 heteroatoms. The molecule has 28 heavy (non-hydrogen) atoms. The molecule has 0 atom stereocenters. The van der Waals surface area contributed by atoms with Crippen LogP contribution in [0.4, 0.5) is 0 Å². The fraction of sp³-hybridized carbons (Fsp3) is 0.111. The average Bonchev–Trinajstić information content (AvgIpc) is 3.29. The lowest BCUT2D eigenvalue weighted by atomic mass is 10.2. The Kier molecular flexibility index (Phi) is 4.89. The van der Waals surface area contributed by atoms with Gasteiger partial charge in [-0.2, -0.15) is 9.36 Å². The highest BCUT2D eigenvalue weighted by molar-refractivity contribution is 6.31.